The van der Waals surface area contributed by atoms with E-state index >= 15 is 0 Å². The fourth-order valence-corrected chi connectivity index (χ4v) is 3.71. The molecule has 2 N–H and O–H groups in total. The van der Waals surface area contributed by atoms with Crippen LogP contribution in [0.25, 0.3) is 0 Å². The zero-order valence-corrected chi connectivity index (χ0v) is 18.6. The van der Waals surface area contributed by atoms with Crippen molar-refractivity contribution < 1.29 is 27.4 Å². The Kier molecular flexibility index (Phi) is 7.93. The van der Waals surface area contributed by atoms with Crippen molar-refractivity contribution in [3.63, 3.8) is 0 Å². The van der Waals surface area contributed by atoms with Crippen LogP contribution in [0.4, 0.5) is 5.69 Å². The molecule has 0 aliphatic carbocycles. The van der Waals surface area contributed by atoms with Crippen molar-refractivity contribution in [3.8, 4) is 17.2 Å². The number of sulfonamides is 1. The maximum absolute atomic E-state index is 12.9. The van der Waals surface area contributed by atoms with Crippen LogP contribution >= 0.6 is 0 Å². The van der Waals surface area contributed by atoms with E-state index < -0.39 is 15.9 Å². The molecule has 164 valence electrons. The largest absolute Gasteiger partial charge is 0.494 e. The van der Waals surface area contributed by atoms with Gasteiger partial charge in [0.15, 0.2) is 11.5 Å². The van der Waals surface area contributed by atoms with Crippen LogP contribution in [0.3, 0.4) is 0 Å². The summed E-state index contributed by atoms with van der Waals surface area (Å²) < 4.78 is 44.2. The van der Waals surface area contributed by atoms with Crippen LogP contribution in [0.5, 0.6) is 17.2 Å². The Bertz CT molecular complexity index is 974. The summed E-state index contributed by atoms with van der Waals surface area (Å²) in [6.45, 7) is 6.12. The van der Waals surface area contributed by atoms with Crippen molar-refractivity contribution >= 4 is 21.6 Å². The van der Waals surface area contributed by atoms with Crippen molar-refractivity contribution in [2.75, 3.05) is 25.5 Å². The average Bonchev–Trinajstić information content (AvgIpc) is 2.73. The summed E-state index contributed by atoms with van der Waals surface area (Å²) in [6, 6.07) is 8.82. The average molecular weight is 437 g/mol. The maximum atomic E-state index is 12.9. The molecule has 2 aromatic rings. The van der Waals surface area contributed by atoms with Gasteiger partial charge in [0.25, 0.3) is 15.9 Å². The molecule has 0 heterocycles. The predicted octanol–water partition coefficient (Wildman–Crippen LogP) is 3.43. The highest BCUT2D eigenvalue weighted by atomic mass is 32.2. The van der Waals surface area contributed by atoms with Crippen molar-refractivity contribution in [2.45, 2.75) is 38.1 Å². The Balaban J connectivity index is 2.46. The van der Waals surface area contributed by atoms with Gasteiger partial charge in [-0.3, -0.25) is 9.52 Å². The first-order valence-corrected chi connectivity index (χ1v) is 11.1. The summed E-state index contributed by atoms with van der Waals surface area (Å²) in [5.74, 6) is 0.753. The molecule has 2 rings (SSSR count). The molecule has 0 saturated carbocycles. The van der Waals surface area contributed by atoms with E-state index in [1.54, 1.807) is 12.1 Å². The number of hydrogen-bond donors (Lipinski definition) is 2. The first-order chi connectivity index (χ1) is 14.2. The lowest BCUT2D eigenvalue weighted by Crippen LogP contribution is -2.32. The lowest BCUT2D eigenvalue weighted by Gasteiger charge is -2.18. The molecular weight excluding hydrogens is 408 g/mol. The Morgan fingerprint density at radius 1 is 1.03 bits per heavy atom. The molecule has 0 bridgehead atoms. The standard InChI is InChI=1S/C21H28N2O6S/c1-6-14(3)22-21(24)17-12-19(27-4)20(28-5)13-18(17)23-30(25,26)16-10-8-15(9-11-16)29-7-2/h8-14,23H,6-7H2,1-5H3,(H,22,24). The SMILES string of the molecule is CCOc1ccc(S(=O)(=O)Nc2cc(OC)c(OC)cc2C(=O)NC(C)CC)cc1. The molecule has 2 aromatic carbocycles. The topological polar surface area (TPSA) is 103 Å². The molecule has 0 radical (unpaired) electrons. The molecule has 0 aliphatic heterocycles. The highest BCUT2D eigenvalue weighted by Crippen LogP contribution is 2.34. The second-order valence-electron chi connectivity index (χ2n) is 6.55. The summed E-state index contributed by atoms with van der Waals surface area (Å²) in [6.07, 6.45) is 0.728. The van der Waals surface area contributed by atoms with Crippen molar-refractivity contribution in [1.29, 1.82) is 0 Å². The number of carbonyl (C=O) groups is 1. The summed E-state index contributed by atoms with van der Waals surface area (Å²) in [7, 11) is -1.09. The van der Waals surface area contributed by atoms with Crippen LogP contribution in [0.15, 0.2) is 41.3 Å². The third-order valence-corrected chi connectivity index (χ3v) is 5.83. The lowest BCUT2D eigenvalue weighted by molar-refractivity contribution is 0.0940. The molecule has 1 amide bonds. The Morgan fingerprint density at radius 3 is 2.17 bits per heavy atom. The molecule has 30 heavy (non-hydrogen) atoms. The van der Waals surface area contributed by atoms with Gasteiger partial charge in [-0.15, -0.1) is 0 Å². The molecular formula is C21H28N2O6S. The number of ether oxygens (including phenoxy) is 3. The van der Waals surface area contributed by atoms with E-state index in [2.05, 4.69) is 10.0 Å². The Morgan fingerprint density at radius 2 is 1.63 bits per heavy atom. The Labute approximate surface area is 177 Å². The minimum atomic E-state index is -3.96. The van der Waals surface area contributed by atoms with Gasteiger partial charge in [-0.2, -0.15) is 0 Å². The summed E-state index contributed by atoms with van der Waals surface area (Å²) in [5, 5.41) is 2.84. The van der Waals surface area contributed by atoms with Crippen LogP contribution in [0.1, 0.15) is 37.6 Å². The van der Waals surface area contributed by atoms with E-state index in [1.165, 1.54) is 38.5 Å². The van der Waals surface area contributed by atoms with E-state index in [0.29, 0.717) is 23.9 Å². The number of carbonyl (C=O) groups excluding carboxylic acids is 1. The second-order valence-corrected chi connectivity index (χ2v) is 8.23. The molecule has 1 unspecified atom stereocenters. The quantitative estimate of drug-likeness (QED) is 0.591. The van der Waals surface area contributed by atoms with Gasteiger partial charge in [-0.05, 0) is 50.6 Å². The van der Waals surface area contributed by atoms with E-state index in [0.717, 1.165) is 6.42 Å². The third kappa shape index (κ3) is 5.56. The number of anilines is 1. The predicted molar refractivity (Wildman–Crippen MR) is 115 cm³/mol. The van der Waals surface area contributed by atoms with E-state index in [9.17, 15) is 13.2 Å². The smallest absolute Gasteiger partial charge is 0.261 e. The fraction of sp³-hybridized carbons (Fsp3) is 0.381. The normalized spacial score (nSPS) is 12.0. The third-order valence-electron chi connectivity index (χ3n) is 4.45. The molecule has 0 saturated heterocycles. The molecule has 0 aromatic heterocycles. The maximum Gasteiger partial charge on any atom is 0.261 e. The minimum absolute atomic E-state index is 0.0361. The minimum Gasteiger partial charge on any atom is -0.494 e. The lowest BCUT2D eigenvalue weighted by atomic mass is 10.1. The van der Waals surface area contributed by atoms with Gasteiger partial charge in [0.2, 0.25) is 0 Å². The molecule has 8 nitrogen and oxygen atoms in total. The van der Waals surface area contributed by atoms with Crippen LogP contribution in [-0.4, -0.2) is 41.2 Å². The fourth-order valence-electron chi connectivity index (χ4n) is 2.64. The van der Waals surface area contributed by atoms with Gasteiger partial charge in [0.1, 0.15) is 5.75 Å². The molecule has 1 atom stereocenters. The van der Waals surface area contributed by atoms with Gasteiger partial charge >= 0.3 is 0 Å². The van der Waals surface area contributed by atoms with Gasteiger partial charge < -0.3 is 19.5 Å². The van der Waals surface area contributed by atoms with Crippen LogP contribution in [0.2, 0.25) is 0 Å². The van der Waals surface area contributed by atoms with E-state index in [-0.39, 0.29) is 22.2 Å². The summed E-state index contributed by atoms with van der Waals surface area (Å²) >= 11 is 0. The van der Waals surface area contributed by atoms with Crippen molar-refractivity contribution in [2.24, 2.45) is 0 Å². The number of hydrogen-bond acceptors (Lipinski definition) is 6. The van der Waals surface area contributed by atoms with Gasteiger partial charge in [-0.1, -0.05) is 6.92 Å². The first-order valence-electron chi connectivity index (χ1n) is 9.58. The monoisotopic (exact) mass is 436 g/mol. The number of amides is 1. The van der Waals surface area contributed by atoms with Crippen molar-refractivity contribution in [3.05, 3.63) is 42.0 Å². The summed E-state index contributed by atoms with van der Waals surface area (Å²) in [4.78, 5) is 12.8. The highest BCUT2D eigenvalue weighted by molar-refractivity contribution is 7.92. The molecule has 0 fully saturated rings. The van der Waals surface area contributed by atoms with Crippen molar-refractivity contribution in [1.82, 2.24) is 5.32 Å². The Hall–Kier alpha value is -2.94. The number of rotatable bonds is 10. The zero-order chi connectivity index (χ0) is 22.3. The number of methoxy groups -OCH3 is 2. The van der Waals surface area contributed by atoms with Crippen LogP contribution in [0, 0.1) is 0 Å². The summed E-state index contributed by atoms with van der Waals surface area (Å²) in [5.41, 5.74) is 0.213. The molecule has 0 aliphatic rings. The van der Waals surface area contributed by atoms with Gasteiger partial charge in [0.05, 0.1) is 37.0 Å². The van der Waals surface area contributed by atoms with Crippen LogP contribution < -0.4 is 24.2 Å². The van der Waals surface area contributed by atoms with E-state index in [1.807, 2.05) is 20.8 Å². The molecule has 9 heteroatoms. The molecule has 0 spiro atoms. The van der Waals surface area contributed by atoms with Gasteiger partial charge in [0, 0.05) is 12.1 Å². The van der Waals surface area contributed by atoms with Crippen LogP contribution in [-0.2, 0) is 10.0 Å². The zero-order valence-electron chi connectivity index (χ0n) is 17.8. The highest BCUT2D eigenvalue weighted by Gasteiger charge is 2.22. The number of benzene rings is 2. The number of nitrogens with one attached hydrogen (secondary N) is 2. The second kappa shape index (κ2) is 10.2. The van der Waals surface area contributed by atoms with E-state index in [4.69, 9.17) is 14.2 Å². The van der Waals surface area contributed by atoms with Gasteiger partial charge in [-0.25, -0.2) is 8.42 Å². The first kappa shape index (κ1) is 23.3.